The summed E-state index contributed by atoms with van der Waals surface area (Å²) in [6.07, 6.45) is 0. The standard InChI is InChI=1S/C20H25N3O3S.ClH/c1-15(22-27(25,26)18-10-6-3-7-11-18)20(24)23-13-17(12-21)19(14-23)16-8-4-2-5-9-16;/h2-11,15,17,19,22H,12-14,21H2,1H3;1H/t15?,17-,19+;/m1./s1. The first-order valence-corrected chi connectivity index (χ1v) is 10.5. The molecule has 1 amide bonds. The van der Waals surface area contributed by atoms with Gasteiger partial charge in [0.25, 0.3) is 0 Å². The number of nitrogens with one attached hydrogen (secondary N) is 1. The molecule has 152 valence electrons. The lowest BCUT2D eigenvalue weighted by atomic mass is 9.89. The van der Waals surface area contributed by atoms with E-state index in [-0.39, 0.29) is 35.0 Å². The van der Waals surface area contributed by atoms with Gasteiger partial charge in [0.15, 0.2) is 0 Å². The molecule has 1 aliphatic heterocycles. The minimum absolute atomic E-state index is 0. The Bertz CT molecular complexity index is 878. The molecule has 0 radical (unpaired) electrons. The van der Waals surface area contributed by atoms with Gasteiger partial charge in [-0.1, -0.05) is 48.5 Å². The summed E-state index contributed by atoms with van der Waals surface area (Å²) in [6, 6.07) is 17.2. The molecule has 2 aromatic rings. The lowest BCUT2D eigenvalue weighted by molar-refractivity contribution is -0.131. The lowest BCUT2D eigenvalue weighted by Gasteiger charge is -2.22. The number of benzene rings is 2. The third kappa shape index (κ3) is 4.91. The Morgan fingerprint density at radius 1 is 1.11 bits per heavy atom. The van der Waals surface area contributed by atoms with Gasteiger partial charge in [0.05, 0.1) is 10.9 Å². The second-order valence-corrected chi connectivity index (χ2v) is 8.63. The summed E-state index contributed by atoms with van der Waals surface area (Å²) in [6.45, 7) is 3.14. The summed E-state index contributed by atoms with van der Waals surface area (Å²) >= 11 is 0. The van der Waals surface area contributed by atoms with Gasteiger partial charge >= 0.3 is 0 Å². The summed E-state index contributed by atoms with van der Waals surface area (Å²) in [5.74, 6) is 0.0961. The first-order valence-electron chi connectivity index (χ1n) is 9.03. The van der Waals surface area contributed by atoms with Gasteiger partial charge < -0.3 is 10.6 Å². The number of sulfonamides is 1. The molecule has 1 heterocycles. The average molecular weight is 424 g/mol. The van der Waals surface area contributed by atoms with Crippen LogP contribution in [0.1, 0.15) is 18.4 Å². The minimum Gasteiger partial charge on any atom is -0.340 e. The number of rotatable bonds is 6. The second-order valence-electron chi connectivity index (χ2n) is 6.91. The zero-order chi connectivity index (χ0) is 19.4. The Hall–Kier alpha value is -1.93. The molecule has 0 saturated carbocycles. The van der Waals surface area contributed by atoms with Crippen molar-refractivity contribution < 1.29 is 13.2 Å². The van der Waals surface area contributed by atoms with Gasteiger partial charge in [0, 0.05) is 19.0 Å². The number of carbonyl (C=O) groups excluding carboxylic acids is 1. The van der Waals surface area contributed by atoms with Crippen LogP contribution in [-0.4, -0.2) is 44.9 Å². The Morgan fingerprint density at radius 2 is 1.68 bits per heavy atom. The lowest BCUT2D eigenvalue weighted by Crippen LogP contribution is -2.46. The Labute approximate surface area is 172 Å². The normalized spacial score (nSPS) is 20.4. The predicted molar refractivity (Wildman–Crippen MR) is 112 cm³/mol. The molecule has 3 atom stereocenters. The fraction of sp³-hybridized carbons (Fsp3) is 0.350. The number of hydrogen-bond acceptors (Lipinski definition) is 4. The molecule has 28 heavy (non-hydrogen) atoms. The summed E-state index contributed by atoms with van der Waals surface area (Å²) in [7, 11) is -3.74. The number of carbonyl (C=O) groups is 1. The molecular weight excluding hydrogens is 398 g/mol. The van der Waals surface area contributed by atoms with Crippen molar-refractivity contribution in [3.63, 3.8) is 0 Å². The zero-order valence-corrected chi connectivity index (χ0v) is 17.3. The van der Waals surface area contributed by atoms with Gasteiger partial charge in [-0.3, -0.25) is 4.79 Å². The van der Waals surface area contributed by atoms with E-state index in [0.717, 1.165) is 5.56 Å². The largest absolute Gasteiger partial charge is 0.340 e. The second kappa shape index (κ2) is 9.52. The highest BCUT2D eigenvalue weighted by Gasteiger charge is 2.37. The molecule has 0 aromatic heterocycles. The molecule has 6 nitrogen and oxygen atoms in total. The molecule has 2 aromatic carbocycles. The molecule has 1 aliphatic rings. The molecule has 3 rings (SSSR count). The van der Waals surface area contributed by atoms with Crippen LogP contribution in [0.25, 0.3) is 0 Å². The van der Waals surface area contributed by atoms with E-state index in [1.165, 1.54) is 12.1 Å². The quantitative estimate of drug-likeness (QED) is 0.742. The van der Waals surface area contributed by atoms with Crippen LogP contribution < -0.4 is 10.5 Å². The van der Waals surface area contributed by atoms with Gasteiger partial charge in [-0.25, -0.2) is 8.42 Å². The molecule has 1 fully saturated rings. The Morgan fingerprint density at radius 3 is 2.25 bits per heavy atom. The number of amides is 1. The summed E-state index contributed by atoms with van der Waals surface area (Å²) in [5, 5.41) is 0. The van der Waals surface area contributed by atoms with Crippen LogP contribution in [0, 0.1) is 5.92 Å². The van der Waals surface area contributed by atoms with Gasteiger partial charge in [-0.2, -0.15) is 4.72 Å². The van der Waals surface area contributed by atoms with Crippen molar-refractivity contribution in [1.82, 2.24) is 9.62 Å². The van der Waals surface area contributed by atoms with Crippen LogP contribution in [0.3, 0.4) is 0 Å². The monoisotopic (exact) mass is 423 g/mol. The first kappa shape index (κ1) is 22.4. The Balaban J connectivity index is 0.00000280. The number of nitrogens with zero attached hydrogens (tertiary/aromatic N) is 1. The van der Waals surface area contributed by atoms with Crippen molar-refractivity contribution >= 4 is 28.3 Å². The molecule has 1 saturated heterocycles. The zero-order valence-electron chi connectivity index (χ0n) is 15.7. The van der Waals surface area contributed by atoms with Crippen LogP contribution in [0.15, 0.2) is 65.6 Å². The smallest absolute Gasteiger partial charge is 0.241 e. The highest BCUT2D eigenvalue weighted by atomic mass is 35.5. The van der Waals surface area contributed by atoms with E-state index >= 15 is 0 Å². The van der Waals surface area contributed by atoms with Crippen LogP contribution in [-0.2, 0) is 14.8 Å². The number of hydrogen-bond donors (Lipinski definition) is 2. The number of halogens is 1. The van der Waals surface area contributed by atoms with Crippen LogP contribution >= 0.6 is 12.4 Å². The van der Waals surface area contributed by atoms with E-state index in [0.29, 0.717) is 19.6 Å². The molecule has 0 spiro atoms. The maximum atomic E-state index is 12.9. The third-order valence-corrected chi connectivity index (χ3v) is 6.60. The summed E-state index contributed by atoms with van der Waals surface area (Å²) < 4.78 is 27.4. The van der Waals surface area contributed by atoms with Crippen LogP contribution in [0.2, 0.25) is 0 Å². The van der Waals surface area contributed by atoms with E-state index in [1.54, 1.807) is 30.0 Å². The van der Waals surface area contributed by atoms with Crippen molar-refractivity contribution in [2.24, 2.45) is 11.7 Å². The van der Waals surface area contributed by atoms with E-state index in [4.69, 9.17) is 5.73 Å². The van der Waals surface area contributed by atoms with E-state index in [2.05, 4.69) is 4.72 Å². The summed E-state index contributed by atoms with van der Waals surface area (Å²) in [5.41, 5.74) is 7.08. The SMILES string of the molecule is CC(NS(=O)(=O)c1ccccc1)C(=O)N1C[C@@H](CN)[C@H](c2ccccc2)C1.Cl. The topological polar surface area (TPSA) is 92.5 Å². The number of nitrogens with two attached hydrogens (primary N) is 1. The fourth-order valence-electron chi connectivity index (χ4n) is 3.59. The van der Waals surface area contributed by atoms with Crippen LogP contribution in [0.5, 0.6) is 0 Å². The molecule has 0 bridgehead atoms. The fourth-order valence-corrected chi connectivity index (χ4v) is 4.81. The maximum Gasteiger partial charge on any atom is 0.241 e. The first-order chi connectivity index (χ1) is 12.9. The molecule has 3 N–H and O–H groups in total. The van der Waals surface area contributed by atoms with Gasteiger partial charge in [-0.05, 0) is 37.1 Å². The van der Waals surface area contributed by atoms with Crippen LogP contribution in [0.4, 0.5) is 0 Å². The average Bonchev–Trinajstić information content (AvgIpc) is 3.13. The van der Waals surface area contributed by atoms with Crippen molar-refractivity contribution in [1.29, 1.82) is 0 Å². The molecule has 0 aliphatic carbocycles. The van der Waals surface area contributed by atoms with Gasteiger partial charge in [-0.15, -0.1) is 12.4 Å². The molecule has 8 heteroatoms. The minimum atomic E-state index is -3.74. The number of likely N-dealkylation sites (tertiary alicyclic amines) is 1. The van der Waals surface area contributed by atoms with Gasteiger partial charge in [0.2, 0.25) is 15.9 Å². The van der Waals surface area contributed by atoms with E-state index < -0.39 is 16.1 Å². The third-order valence-electron chi connectivity index (χ3n) is 5.04. The van der Waals surface area contributed by atoms with Crippen molar-refractivity contribution in [2.45, 2.75) is 23.8 Å². The van der Waals surface area contributed by atoms with Gasteiger partial charge in [0.1, 0.15) is 0 Å². The molecular formula is C20H26ClN3O3S. The van der Waals surface area contributed by atoms with Crippen molar-refractivity contribution in [3.05, 3.63) is 66.2 Å². The van der Waals surface area contributed by atoms with E-state index in [1.807, 2.05) is 30.3 Å². The highest BCUT2D eigenvalue weighted by Crippen LogP contribution is 2.32. The Kier molecular flexibility index (Phi) is 7.60. The maximum absolute atomic E-state index is 12.9. The van der Waals surface area contributed by atoms with E-state index in [9.17, 15) is 13.2 Å². The predicted octanol–water partition coefficient (Wildman–Crippen LogP) is 1.98. The summed E-state index contributed by atoms with van der Waals surface area (Å²) in [4.78, 5) is 14.7. The van der Waals surface area contributed by atoms with Crippen molar-refractivity contribution in [2.75, 3.05) is 19.6 Å². The van der Waals surface area contributed by atoms with Crippen molar-refractivity contribution in [3.8, 4) is 0 Å². The highest BCUT2D eigenvalue weighted by molar-refractivity contribution is 7.89. The molecule has 1 unspecified atom stereocenters.